The molecule has 1 saturated heterocycles. The van der Waals surface area contributed by atoms with Crippen LogP contribution in [0.4, 0.5) is 0 Å². The molecule has 1 aromatic heterocycles. The third-order valence-corrected chi connectivity index (χ3v) is 9.38. The van der Waals surface area contributed by atoms with Gasteiger partial charge in [0, 0.05) is 35.6 Å². The van der Waals surface area contributed by atoms with Crippen LogP contribution in [-0.2, 0) is 16.0 Å². The van der Waals surface area contributed by atoms with Crippen LogP contribution < -0.4 is 5.32 Å². The Labute approximate surface area is 227 Å². The van der Waals surface area contributed by atoms with Gasteiger partial charge in [0.05, 0.1) is 35.7 Å². The fraction of sp³-hybridized carbons (Fsp3) is 0.333. The molecule has 0 saturated carbocycles. The van der Waals surface area contributed by atoms with Gasteiger partial charge < -0.3 is 9.64 Å². The summed E-state index contributed by atoms with van der Waals surface area (Å²) in [5, 5.41) is 20.1. The van der Waals surface area contributed by atoms with Gasteiger partial charge >= 0.3 is 0 Å². The van der Waals surface area contributed by atoms with E-state index in [-0.39, 0.29) is 11.9 Å². The molecule has 1 fully saturated rings. The Kier molecular flexibility index (Phi) is 6.43. The minimum absolute atomic E-state index is 0.0606. The maximum Gasteiger partial charge on any atom is 0.258 e. The maximum atomic E-state index is 14.0. The number of nitrogens with zero attached hydrogens (tertiary/aromatic N) is 5. The van der Waals surface area contributed by atoms with Crippen LogP contribution in [0.25, 0.3) is 5.57 Å². The number of hydrogen-bond acceptors (Lipinski definition) is 5. The Bertz CT molecular complexity index is 1430. The summed E-state index contributed by atoms with van der Waals surface area (Å²) in [6.07, 6.45) is 3.17. The van der Waals surface area contributed by atoms with Crippen molar-refractivity contribution in [2.45, 2.75) is 44.1 Å². The molecule has 0 N–H and O–H groups in total. The number of rotatable bonds is 6. The van der Waals surface area contributed by atoms with Crippen molar-refractivity contribution < 1.29 is 9.53 Å². The number of ether oxygens (including phenoxy) is 1. The molecule has 0 unspecified atom stereocenters. The number of methoxy groups -OCH3 is 1. The van der Waals surface area contributed by atoms with Gasteiger partial charge in [-0.15, -0.1) is 5.10 Å². The first-order valence-corrected chi connectivity index (χ1v) is 16.3. The number of halogens is 2. The highest BCUT2D eigenvalue weighted by Crippen LogP contribution is 2.51. The van der Waals surface area contributed by atoms with Gasteiger partial charge in [0.2, 0.25) is 0 Å². The molecule has 2 aliphatic heterocycles. The van der Waals surface area contributed by atoms with E-state index < -0.39 is 13.6 Å². The Morgan fingerprint density at radius 1 is 1.16 bits per heavy atom. The van der Waals surface area contributed by atoms with Crippen molar-refractivity contribution in [3.05, 3.63) is 81.2 Å². The fourth-order valence-electron chi connectivity index (χ4n) is 5.41. The Morgan fingerprint density at radius 3 is 2.41 bits per heavy atom. The van der Waals surface area contributed by atoms with Crippen LogP contribution in [-0.4, -0.2) is 53.1 Å². The van der Waals surface area contributed by atoms with E-state index in [4.69, 9.17) is 27.9 Å². The molecule has 5 rings (SSSR count). The first kappa shape index (κ1) is 25.5. The Morgan fingerprint density at radius 2 is 1.84 bits per heavy atom. The van der Waals surface area contributed by atoms with Crippen molar-refractivity contribution in [2.24, 2.45) is 0 Å². The second-order valence-corrected chi connectivity index (χ2v) is 16.6. The van der Waals surface area contributed by atoms with Crippen LogP contribution in [0.1, 0.15) is 29.2 Å². The Balaban J connectivity index is 1.63. The zero-order valence-corrected chi connectivity index (χ0v) is 23.6. The van der Waals surface area contributed by atoms with Crippen LogP contribution in [0, 0.1) is 11.3 Å². The van der Waals surface area contributed by atoms with Crippen molar-refractivity contribution in [3.8, 4) is 6.07 Å². The van der Waals surface area contributed by atoms with E-state index in [0.717, 1.165) is 10.9 Å². The Hall–Kier alpha value is -3.12. The molecule has 190 valence electrons. The molecule has 0 radical (unpaired) electrons. The molecule has 2 atom stereocenters. The van der Waals surface area contributed by atoms with Crippen molar-refractivity contribution in [3.63, 3.8) is 0 Å². The maximum absolute atomic E-state index is 14.0. The van der Waals surface area contributed by atoms with Gasteiger partial charge in [-0.1, -0.05) is 60.2 Å². The SMILES string of the molecule is COC1=C(c2cc(Cl)cc(Cl)c2)C(=O)N2C[C@@H](n3cc([Si](C)(C)C)nn3)C[C@@]12Cc1ccc(C#N)cc1. The predicted molar refractivity (Wildman–Crippen MR) is 146 cm³/mol. The second-order valence-electron chi connectivity index (χ2n) is 10.7. The molecule has 3 aromatic rings. The first-order chi connectivity index (χ1) is 17.6. The average molecular weight is 553 g/mol. The highest BCUT2D eigenvalue weighted by atomic mass is 35.5. The molecule has 10 heteroatoms. The molecule has 0 spiro atoms. The zero-order valence-electron chi connectivity index (χ0n) is 21.1. The number of carbonyl (C=O) groups excluding carboxylic acids is 1. The molecule has 0 aliphatic carbocycles. The molecule has 1 amide bonds. The van der Waals surface area contributed by atoms with E-state index in [0.29, 0.717) is 51.9 Å². The van der Waals surface area contributed by atoms with Crippen LogP contribution in [0.3, 0.4) is 0 Å². The normalized spacial score (nSPS) is 21.4. The van der Waals surface area contributed by atoms with Gasteiger partial charge in [-0.25, -0.2) is 4.68 Å². The molecule has 2 aliphatic rings. The summed E-state index contributed by atoms with van der Waals surface area (Å²) in [7, 11) is -0.0386. The lowest BCUT2D eigenvalue weighted by Crippen LogP contribution is -2.45. The van der Waals surface area contributed by atoms with Crippen molar-refractivity contribution in [2.75, 3.05) is 13.7 Å². The summed E-state index contributed by atoms with van der Waals surface area (Å²) >= 11 is 12.6. The van der Waals surface area contributed by atoms with Crippen LogP contribution in [0.5, 0.6) is 0 Å². The lowest BCUT2D eigenvalue weighted by Gasteiger charge is -2.34. The van der Waals surface area contributed by atoms with Crippen molar-refractivity contribution in [1.82, 2.24) is 19.9 Å². The summed E-state index contributed by atoms with van der Waals surface area (Å²) in [5.41, 5.74) is 1.95. The van der Waals surface area contributed by atoms with Gasteiger partial charge in [0.15, 0.2) is 0 Å². The summed E-state index contributed by atoms with van der Waals surface area (Å²) in [6, 6.07) is 14.7. The van der Waals surface area contributed by atoms with Gasteiger partial charge in [0.25, 0.3) is 5.91 Å². The number of fused-ring (bicyclic) bond motifs is 1. The monoisotopic (exact) mass is 551 g/mol. The number of amides is 1. The standard InChI is InChI=1S/C27H27Cl2N5O2Si/c1-36-25-24(19-9-20(28)11-21(29)10-19)26(35)33-15-22(34-16-23(31-32-34)37(2,3)4)13-27(25,33)12-17-5-7-18(14-30)8-6-17/h5-11,16,22H,12-13,15H2,1-4H3/t22-,27-/m0/s1. The fourth-order valence-corrected chi connectivity index (χ4v) is 6.80. The predicted octanol–water partition coefficient (Wildman–Crippen LogP) is 4.83. The lowest BCUT2D eigenvalue weighted by molar-refractivity contribution is -0.126. The van der Waals surface area contributed by atoms with E-state index in [9.17, 15) is 10.1 Å². The quantitative estimate of drug-likeness (QED) is 0.409. The van der Waals surface area contributed by atoms with Crippen LogP contribution in [0.2, 0.25) is 29.7 Å². The molecular formula is C27H27Cl2N5O2Si. The number of carbonyl (C=O) groups is 1. The van der Waals surface area contributed by atoms with Gasteiger partial charge in [-0.3, -0.25) is 4.79 Å². The van der Waals surface area contributed by atoms with E-state index in [1.54, 1.807) is 37.4 Å². The van der Waals surface area contributed by atoms with E-state index in [1.165, 1.54) is 0 Å². The third kappa shape index (κ3) is 4.46. The molecule has 7 nitrogen and oxygen atoms in total. The lowest BCUT2D eigenvalue weighted by atomic mass is 9.85. The van der Waals surface area contributed by atoms with Crippen molar-refractivity contribution in [1.29, 1.82) is 5.26 Å². The molecule has 0 bridgehead atoms. The van der Waals surface area contributed by atoms with Crippen LogP contribution in [0.15, 0.2) is 54.4 Å². The van der Waals surface area contributed by atoms with Gasteiger partial charge in [0.1, 0.15) is 19.4 Å². The van der Waals surface area contributed by atoms with E-state index >= 15 is 0 Å². The number of aromatic nitrogens is 3. The minimum atomic E-state index is -1.64. The van der Waals surface area contributed by atoms with Gasteiger partial charge in [-0.05, 0) is 41.5 Å². The molecule has 2 aromatic carbocycles. The summed E-state index contributed by atoms with van der Waals surface area (Å²) < 4.78 is 7.95. The van der Waals surface area contributed by atoms with Gasteiger partial charge in [-0.2, -0.15) is 5.26 Å². The zero-order chi connectivity index (χ0) is 26.5. The molecule has 3 heterocycles. The smallest absolute Gasteiger partial charge is 0.258 e. The molecule has 37 heavy (non-hydrogen) atoms. The second kappa shape index (κ2) is 9.32. The summed E-state index contributed by atoms with van der Waals surface area (Å²) in [4.78, 5) is 15.9. The number of hydrogen-bond donors (Lipinski definition) is 0. The number of benzene rings is 2. The summed E-state index contributed by atoms with van der Waals surface area (Å²) in [5.74, 6) is 0.463. The highest BCUT2D eigenvalue weighted by molar-refractivity contribution is 6.88. The highest BCUT2D eigenvalue weighted by Gasteiger charge is 2.59. The van der Waals surface area contributed by atoms with E-state index in [2.05, 4.69) is 36.0 Å². The first-order valence-electron chi connectivity index (χ1n) is 12.0. The average Bonchev–Trinajstić information content (AvgIpc) is 3.52. The van der Waals surface area contributed by atoms with E-state index in [1.807, 2.05) is 27.9 Å². The van der Waals surface area contributed by atoms with Crippen LogP contribution >= 0.6 is 23.2 Å². The van der Waals surface area contributed by atoms with Crippen molar-refractivity contribution >= 4 is 48.1 Å². The molecular weight excluding hydrogens is 525 g/mol. The topological polar surface area (TPSA) is 84.0 Å². The number of nitriles is 1. The third-order valence-electron chi connectivity index (χ3n) is 7.18. The summed E-state index contributed by atoms with van der Waals surface area (Å²) in [6.45, 7) is 7.17. The largest absolute Gasteiger partial charge is 0.498 e. The minimum Gasteiger partial charge on any atom is -0.498 e.